The normalized spacial score (nSPS) is 10.7. The Morgan fingerprint density at radius 3 is 2.60 bits per heavy atom. The van der Waals surface area contributed by atoms with Crippen LogP contribution in [0.15, 0.2) is 42.5 Å². The van der Waals surface area contributed by atoms with Gasteiger partial charge in [0.2, 0.25) is 0 Å². The summed E-state index contributed by atoms with van der Waals surface area (Å²) in [7, 11) is 3.22. The quantitative estimate of drug-likeness (QED) is 0.723. The van der Waals surface area contributed by atoms with Crippen molar-refractivity contribution in [2.45, 2.75) is 13.3 Å². The van der Waals surface area contributed by atoms with Crippen molar-refractivity contribution in [3.05, 3.63) is 59.3 Å². The summed E-state index contributed by atoms with van der Waals surface area (Å²) < 4.78 is 10.5. The Bertz CT molecular complexity index is 899. The first kappa shape index (κ1) is 16.9. The van der Waals surface area contributed by atoms with E-state index in [2.05, 4.69) is 10.3 Å². The molecule has 0 radical (unpaired) electrons. The van der Waals surface area contributed by atoms with E-state index in [1.807, 2.05) is 49.4 Å². The van der Waals surface area contributed by atoms with Crippen LogP contribution in [-0.4, -0.2) is 31.7 Å². The molecule has 2 N–H and O–H groups in total. The van der Waals surface area contributed by atoms with E-state index in [-0.39, 0.29) is 5.91 Å². The lowest BCUT2D eigenvalue weighted by Crippen LogP contribution is -2.25. The number of benzene rings is 2. The highest BCUT2D eigenvalue weighted by molar-refractivity contribution is 5.98. The van der Waals surface area contributed by atoms with Gasteiger partial charge in [0.05, 0.1) is 14.2 Å². The number of rotatable bonds is 6. The van der Waals surface area contributed by atoms with E-state index in [0.717, 1.165) is 22.0 Å². The number of aromatic amines is 1. The second-order valence-electron chi connectivity index (χ2n) is 5.97. The van der Waals surface area contributed by atoms with Crippen molar-refractivity contribution in [3.8, 4) is 11.5 Å². The van der Waals surface area contributed by atoms with Crippen LogP contribution in [0, 0.1) is 6.92 Å². The van der Waals surface area contributed by atoms with Crippen molar-refractivity contribution >= 4 is 16.8 Å². The highest BCUT2D eigenvalue weighted by Crippen LogP contribution is 2.27. The van der Waals surface area contributed by atoms with Crippen molar-refractivity contribution in [2.24, 2.45) is 0 Å². The van der Waals surface area contributed by atoms with Gasteiger partial charge in [-0.1, -0.05) is 18.2 Å². The molecular weight excluding hydrogens is 316 g/mol. The lowest BCUT2D eigenvalue weighted by atomic mass is 10.1. The first-order valence-electron chi connectivity index (χ1n) is 8.19. The number of H-pyrrole nitrogens is 1. The van der Waals surface area contributed by atoms with Crippen LogP contribution >= 0.6 is 0 Å². The van der Waals surface area contributed by atoms with Crippen LogP contribution in [0.4, 0.5) is 0 Å². The fourth-order valence-corrected chi connectivity index (χ4v) is 2.81. The van der Waals surface area contributed by atoms with Crippen molar-refractivity contribution in [3.63, 3.8) is 0 Å². The highest BCUT2D eigenvalue weighted by atomic mass is 16.5. The average Bonchev–Trinajstić information content (AvgIpc) is 3.04. The predicted octanol–water partition coefficient (Wildman–Crippen LogP) is 3.47. The summed E-state index contributed by atoms with van der Waals surface area (Å²) in [6.07, 6.45) is 0.714. The number of carbonyl (C=O) groups excluding carboxylic acids is 1. The maximum absolute atomic E-state index is 12.3. The second-order valence-corrected chi connectivity index (χ2v) is 5.97. The van der Waals surface area contributed by atoms with Gasteiger partial charge in [0, 0.05) is 17.4 Å². The number of hydrogen-bond donors (Lipinski definition) is 2. The number of hydrogen-bond acceptors (Lipinski definition) is 3. The minimum absolute atomic E-state index is 0.102. The number of carbonyl (C=O) groups is 1. The molecule has 0 bridgehead atoms. The molecule has 1 amide bonds. The van der Waals surface area contributed by atoms with Crippen LogP contribution in [0.3, 0.4) is 0 Å². The van der Waals surface area contributed by atoms with Crippen LogP contribution in [-0.2, 0) is 6.42 Å². The van der Waals surface area contributed by atoms with Crippen molar-refractivity contribution < 1.29 is 14.3 Å². The highest BCUT2D eigenvalue weighted by Gasteiger charge is 2.10. The number of aryl methyl sites for hydroxylation is 1. The van der Waals surface area contributed by atoms with E-state index in [0.29, 0.717) is 30.2 Å². The van der Waals surface area contributed by atoms with Crippen LogP contribution in [0.1, 0.15) is 21.6 Å². The molecule has 1 heterocycles. The van der Waals surface area contributed by atoms with E-state index < -0.39 is 0 Å². The monoisotopic (exact) mass is 338 g/mol. The summed E-state index contributed by atoms with van der Waals surface area (Å²) in [4.78, 5) is 15.5. The number of nitrogens with one attached hydrogen (secondary N) is 2. The van der Waals surface area contributed by atoms with Crippen LogP contribution in [0.2, 0.25) is 0 Å². The molecule has 3 rings (SSSR count). The maximum atomic E-state index is 12.3. The predicted molar refractivity (Wildman–Crippen MR) is 98.6 cm³/mol. The summed E-state index contributed by atoms with van der Waals surface area (Å²) in [5.41, 5.74) is 3.79. The zero-order valence-electron chi connectivity index (χ0n) is 14.7. The average molecular weight is 338 g/mol. The van der Waals surface area contributed by atoms with Gasteiger partial charge in [-0.2, -0.15) is 0 Å². The van der Waals surface area contributed by atoms with E-state index in [1.54, 1.807) is 14.2 Å². The zero-order valence-corrected chi connectivity index (χ0v) is 14.7. The van der Waals surface area contributed by atoms with Gasteiger partial charge in [-0.15, -0.1) is 0 Å². The van der Waals surface area contributed by atoms with Gasteiger partial charge in [-0.05, 0) is 48.7 Å². The number of methoxy groups -OCH3 is 2. The largest absolute Gasteiger partial charge is 0.493 e. The van der Waals surface area contributed by atoms with Crippen LogP contribution in [0.25, 0.3) is 10.9 Å². The summed E-state index contributed by atoms with van der Waals surface area (Å²) >= 11 is 0. The van der Waals surface area contributed by atoms with E-state index in [1.165, 1.54) is 0 Å². The fraction of sp³-hybridized carbons (Fsp3) is 0.250. The van der Waals surface area contributed by atoms with E-state index >= 15 is 0 Å². The molecule has 0 saturated heterocycles. The molecule has 0 unspecified atom stereocenters. The molecule has 2 aromatic carbocycles. The number of amides is 1. The third-order valence-corrected chi connectivity index (χ3v) is 4.17. The number of aromatic nitrogens is 1. The SMILES string of the molecule is COc1ccc(CCNC(=O)c2cc3ccc(C)cc3[nH]2)cc1OC. The summed E-state index contributed by atoms with van der Waals surface area (Å²) in [6, 6.07) is 13.7. The molecule has 0 spiro atoms. The zero-order chi connectivity index (χ0) is 17.8. The topological polar surface area (TPSA) is 63.3 Å². The Hall–Kier alpha value is -2.95. The minimum atomic E-state index is -0.102. The number of fused-ring (bicyclic) bond motifs is 1. The molecule has 0 aliphatic carbocycles. The first-order valence-corrected chi connectivity index (χ1v) is 8.19. The van der Waals surface area contributed by atoms with Gasteiger partial charge in [-0.25, -0.2) is 0 Å². The van der Waals surface area contributed by atoms with Gasteiger partial charge in [-0.3, -0.25) is 4.79 Å². The molecule has 0 saturated carbocycles. The molecule has 130 valence electrons. The van der Waals surface area contributed by atoms with Gasteiger partial charge in [0.15, 0.2) is 11.5 Å². The summed E-state index contributed by atoms with van der Waals surface area (Å²) in [5.74, 6) is 1.29. The lowest BCUT2D eigenvalue weighted by molar-refractivity contribution is 0.0950. The van der Waals surface area contributed by atoms with Crippen LogP contribution in [0.5, 0.6) is 11.5 Å². The molecular formula is C20H22N2O3. The molecule has 0 fully saturated rings. The lowest BCUT2D eigenvalue weighted by Gasteiger charge is -2.10. The Kier molecular flexibility index (Phi) is 4.93. The maximum Gasteiger partial charge on any atom is 0.267 e. The molecule has 0 atom stereocenters. The van der Waals surface area contributed by atoms with Gasteiger partial charge in [0.25, 0.3) is 5.91 Å². The Morgan fingerprint density at radius 2 is 1.84 bits per heavy atom. The third kappa shape index (κ3) is 3.76. The molecule has 0 aliphatic heterocycles. The minimum Gasteiger partial charge on any atom is -0.493 e. The smallest absolute Gasteiger partial charge is 0.267 e. The van der Waals surface area contributed by atoms with E-state index in [4.69, 9.17) is 9.47 Å². The molecule has 5 heteroatoms. The van der Waals surface area contributed by atoms with Crippen molar-refractivity contribution in [2.75, 3.05) is 20.8 Å². The number of ether oxygens (including phenoxy) is 2. The molecule has 0 aliphatic rings. The Morgan fingerprint density at radius 1 is 1.04 bits per heavy atom. The Balaban J connectivity index is 1.62. The van der Waals surface area contributed by atoms with Gasteiger partial charge >= 0.3 is 0 Å². The molecule has 1 aromatic heterocycles. The second kappa shape index (κ2) is 7.30. The Labute approximate surface area is 147 Å². The van der Waals surface area contributed by atoms with Crippen molar-refractivity contribution in [1.82, 2.24) is 10.3 Å². The molecule has 25 heavy (non-hydrogen) atoms. The van der Waals surface area contributed by atoms with Crippen molar-refractivity contribution in [1.29, 1.82) is 0 Å². The van der Waals surface area contributed by atoms with Gasteiger partial charge < -0.3 is 19.8 Å². The fourth-order valence-electron chi connectivity index (χ4n) is 2.81. The third-order valence-electron chi connectivity index (χ3n) is 4.17. The van der Waals surface area contributed by atoms with Crippen LogP contribution < -0.4 is 14.8 Å². The molecule has 3 aromatic rings. The van der Waals surface area contributed by atoms with E-state index in [9.17, 15) is 4.79 Å². The summed E-state index contributed by atoms with van der Waals surface area (Å²) in [5, 5.41) is 3.98. The van der Waals surface area contributed by atoms with Gasteiger partial charge in [0.1, 0.15) is 5.69 Å². The summed E-state index contributed by atoms with van der Waals surface area (Å²) in [6.45, 7) is 2.58. The standard InChI is InChI=1S/C20H22N2O3/c1-13-4-6-15-12-17(22-16(15)10-13)20(23)21-9-8-14-5-7-18(24-2)19(11-14)25-3/h4-7,10-12,22H,8-9H2,1-3H3,(H,21,23). The molecule has 5 nitrogen and oxygen atoms in total. The first-order chi connectivity index (χ1) is 12.1.